The zero-order valence-corrected chi connectivity index (χ0v) is 12.4. The van der Waals surface area contributed by atoms with E-state index in [9.17, 15) is 4.79 Å². The standard InChI is InChI=1S/C15H26N2O/c1-10(2)15(5,11(3)4)9-12-7-8-17-13(12)14(18)16-6/h7-8,10-11,17H,9H2,1-6H3,(H,16,18). The van der Waals surface area contributed by atoms with E-state index in [4.69, 9.17) is 0 Å². The van der Waals surface area contributed by atoms with E-state index in [1.54, 1.807) is 7.05 Å². The molecule has 0 aliphatic heterocycles. The molecule has 3 heteroatoms. The van der Waals surface area contributed by atoms with Crippen LogP contribution in [0.15, 0.2) is 12.3 Å². The molecule has 0 aromatic carbocycles. The van der Waals surface area contributed by atoms with Gasteiger partial charge in [-0.3, -0.25) is 4.79 Å². The summed E-state index contributed by atoms with van der Waals surface area (Å²) in [5.41, 5.74) is 2.01. The largest absolute Gasteiger partial charge is 0.357 e. The van der Waals surface area contributed by atoms with Crippen molar-refractivity contribution < 1.29 is 4.79 Å². The maximum absolute atomic E-state index is 11.8. The number of nitrogens with one attached hydrogen (secondary N) is 2. The minimum Gasteiger partial charge on any atom is -0.357 e. The first-order valence-electron chi connectivity index (χ1n) is 6.71. The van der Waals surface area contributed by atoms with Crippen LogP contribution in [-0.4, -0.2) is 17.9 Å². The van der Waals surface area contributed by atoms with Crippen molar-refractivity contribution in [2.45, 2.75) is 41.0 Å². The molecular formula is C15H26N2O. The monoisotopic (exact) mass is 250 g/mol. The zero-order valence-electron chi connectivity index (χ0n) is 12.4. The molecule has 1 amide bonds. The van der Waals surface area contributed by atoms with E-state index in [0.717, 1.165) is 12.0 Å². The van der Waals surface area contributed by atoms with Crippen LogP contribution in [0.4, 0.5) is 0 Å². The number of aromatic amines is 1. The third-order valence-electron chi connectivity index (χ3n) is 4.50. The van der Waals surface area contributed by atoms with Crippen molar-refractivity contribution >= 4 is 5.91 Å². The highest BCUT2D eigenvalue weighted by Gasteiger charge is 2.33. The lowest BCUT2D eigenvalue weighted by Gasteiger charge is -2.38. The summed E-state index contributed by atoms with van der Waals surface area (Å²) in [6.45, 7) is 11.3. The van der Waals surface area contributed by atoms with Gasteiger partial charge in [0.05, 0.1) is 0 Å². The highest BCUT2D eigenvalue weighted by atomic mass is 16.1. The lowest BCUT2D eigenvalue weighted by molar-refractivity contribution is 0.0953. The van der Waals surface area contributed by atoms with E-state index in [0.29, 0.717) is 17.5 Å². The second-order valence-electron chi connectivity index (χ2n) is 5.95. The fraction of sp³-hybridized carbons (Fsp3) is 0.667. The molecule has 0 fully saturated rings. The Morgan fingerprint density at radius 3 is 2.33 bits per heavy atom. The number of hydrogen-bond acceptors (Lipinski definition) is 1. The number of H-pyrrole nitrogens is 1. The Morgan fingerprint density at radius 2 is 1.89 bits per heavy atom. The van der Waals surface area contributed by atoms with Crippen LogP contribution in [0.1, 0.15) is 50.7 Å². The molecule has 0 aliphatic carbocycles. The van der Waals surface area contributed by atoms with Crippen LogP contribution in [0.2, 0.25) is 0 Å². The van der Waals surface area contributed by atoms with Gasteiger partial charge in [-0.15, -0.1) is 0 Å². The van der Waals surface area contributed by atoms with Crippen LogP contribution in [0.25, 0.3) is 0 Å². The van der Waals surface area contributed by atoms with Gasteiger partial charge in [-0.05, 0) is 35.3 Å². The number of carbonyl (C=O) groups excluding carboxylic acids is 1. The normalized spacial score (nSPS) is 12.2. The summed E-state index contributed by atoms with van der Waals surface area (Å²) in [5.74, 6) is 1.11. The molecule has 1 aromatic heterocycles. The van der Waals surface area contributed by atoms with Gasteiger partial charge < -0.3 is 10.3 Å². The molecule has 0 spiro atoms. The topological polar surface area (TPSA) is 44.9 Å². The van der Waals surface area contributed by atoms with Crippen LogP contribution >= 0.6 is 0 Å². The molecule has 2 N–H and O–H groups in total. The molecule has 1 rings (SSSR count). The van der Waals surface area contributed by atoms with Gasteiger partial charge in [0.15, 0.2) is 0 Å². The summed E-state index contributed by atoms with van der Waals surface area (Å²) in [6.07, 6.45) is 2.77. The van der Waals surface area contributed by atoms with E-state index in [1.165, 1.54) is 0 Å². The number of amides is 1. The summed E-state index contributed by atoms with van der Waals surface area (Å²) in [4.78, 5) is 14.8. The molecule has 0 aliphatic rings. The van der Waals surface area contributed by atoms with Gasteiger partial charge in [-0.1, -0.05) is 34.6 Å². The van der Waals surface area contributed by atoms with Crippen molar-refractivity contribution in [2.75, 3.05) is 7.05 Å². The quantitative estimate of drug-likeness (QED) is 0.828. The third-order valence-corrected chi connectivity index (χ3v) is 4.50. The highest BCUT2D eigenvalue weighted by Crippen LogP contribution is 2.39. The lowest BCUT2D eigenvalue weighted by atomic mass is 9.67. The number of carbonyl (C=O) groups is 1. The molecule has 102 valence electrons. The maximum Gasteiger partial charge on any atom is 0.267 e. The van der Waals surface area contributed by atoms with Gasteiger partial charge in [0.1, 0.15) is 5.69 Å². The highest BCUT2D eigenvalue weighted by molar-refractivity contribution is 5.93. The summed E-state index contributed by atoms with van der Waals surface area (Å²) in [6, 6.07) is 2.02. The first-order chi connectivity index (χ1) is 8.32. The lowest BCUT2D eigenvalue weighted by Crippen LogP contribution is -2.33. The second kappa shape index (κ2) is 5.59. The maximum atomic E-state index is 11.8. The van der Waals surface area contributed by atoms with Crippen molar-refractivity contribution in [1.29, 1.82) is 0 Å². The smallest absolute Gasteiger partial charge is 0.267 e. The van der Waals surface area contributed by atoms with Crippen molar-refractivity contribution in [1.82, 2.24) is 10.3 Å². The Balaban J connectivity index is 3.03. The average Bonchev–Trinajstić information content (AvgIpc) is 2.75. The fourth-order valence-electron chi connectivity index (χ4n) is 2.37. The van der Waals surface area contributed by atoms with Gasteiger partial charge in [0.2, 0.25) is 0 Å². The molecule has 0 saturated heterocycles. The first kappa shape index (κ1) is 14.8. The molecular weight excluding hydrogens is 224 g/mol. The van der Waals surface area contributed by atoms with Crippen molar-refractivity contribution in [3.63, 3.8) is 0 Å². The van der Waals surface area contributed by atoms with E-state index in [-0.39, 0.29) is 11.3 Å². The van der Waals surface area contributed by atoms with Gasteiger partial charge in [-0.25, -0.2) is 0 Å². The van der Waals surface area contributed by atoms with Crippen LogP contribution in [-0.2, 0) is 6.42 Å². The SMILES string of the molecule is CNC(=O)c1[nH]ccc1CC(C)(C(C)C)C(C)C. The molecule has 0 bridgehead atoms. The molecule has 0 atom stereocenters. The predicted octanol–water partition coefficient (Wildman–Crippen LogP) is 3.24. The summed E-state index contributed by atoms with van der Waals surface area (Å²) in [5, 5.41) is 2.68. The van der Waals surface area contributed by atoms with Crippen molar-refractivity contribution in [3.8, 4) is 0 Å². The van der Waals surface area contributed by atoms with Crippen LogP contribution in [0, 0.1) is 17.3 Å². The molecule has 0 unspecified atom stereocenters. The Kier molecular flexibility index (Phi) is 4.60. The minimum atomic E-state index is -0.0372. The van der Waals surface area contributed by atoms with E-state index >= 15 is 0 Å². The minimum absolute atomic E-state index is 0.0372. The Morgan fingerprint density at radius 1 is 1.33 bits per heavy atom. The summed E-state index contributed by atoms with van der Waals surface area (Å²) < 4.78 is 0. The Bertz CT molecular complexity index is 396. The van der Waals surface area contributed by atoms with Crippen LogP contribution < -0.4 is 5.32 Å². The summed E-state index contributed by atoms with van der Waals surface area (Å²) in [7, 11) is 1.66. The van der Waals surface area contributed by atoms with E-state index < -0.39 is 0 Å². The molecule has 1 aromatic rings. The average molecular weight is 250 g/mol. The van der Waals surface area contributed by atoms with Crippen LogP contribution in [0.3, 0.4) is 0 Å². The molecule has 0 saturated carbocycles. The van der Waals surface area contributed by atoms with Gasteiger partial charge in [-0.2, -0.15) is 0 Å². The van der Waals surface area contributed by atoms with Crippen molar-refractivity contribution in [3.05, 3.63) is 23.5 Å². The number of rotatable bonds is 5. The summed E-state index contributed by atoms with van der Waals surface area (Å²) >= 11 is 0. The Labute approximate surface area is 110 Å². The van der Waals surface area contributed by atoms with E-state index in [1.807, 2.05) is 12.3 Å². The molecule has 3 nitrogen and oxygen atoms in total. The molecule has 0 radical (unpaired) electrons. The third kappa shape index (κ3) is 2.77. The van der Waals surface area contributed by atoms with Crippen molar-refractivity contribution in [2.24, 2.45) is 17.3 Å². The Hall–Kier alpha value is -1.25. The molecule has 1 heterocycles. The van der Waals surface area contributed by atoms with Gasteiger partial charge >= 0.3 is 0 Å². The second-order valence-corrected chi connectivity index (χ2v) is 5.95. The number of aromatic nitrogens is 1. The van der Waals surface area contributed by atoms with E-state index in [2.05, 4.69) is 44.9 Å². The zero-order chi connectivity index (χ0) is 13.9. The van der Waals surface area contributed by atoms with Gasteiger partial charge in [0, 0.05) is 13.2 Å². The molecule has 18 heavy (non-hydrogen) atoms. The van der Waals surface area contributed by atoms with Crippen LogP contribution in [0.5, 0.6) is 0 Å². The fourth-order valence-corrected chi connectivity index (χ4v) is 2.37. The number of hydrogen-bond donors (Lipinski definition) is 2. The predicted molar refractivity (Wildman–Crippen MR) is 75.7 cm³/mol. The first-order valence-corrected chi connectivity index (χ1v) is 6.71. The van der Waals surface area contributed by atoms with Gasteiger partial charge in [0.25, 0.3) is 5.91 Å².